The van der Waals surface area contributed by atoms with Crippen LogP contribution in [0.1, 0.15) is 78.6 Å². The van der Waals surface area contributed by atoms with Gasteiger partial charge in [0, 0.05) is 165 Å². The van der Waals surface area contributed by atoms with Crippen LogP contribution in [-0.2, 0) is 158 Å². The molecule has 0 saturated carbocycles. The Balaban J connectivity index is 0. The molecule has 5 fully saturated rings. The number of aliphatic imine (C=N–C) groups is 1. The third-order valence-corrected chi connectivity index (χ3v) is 17.9. The van der Waals surface area contributed by atoms with Gasteiger partial charge in [-0.15, -0.1) is 10.1 Å². The third kappa shape index (κ3) is 45.1. The normalized spacial score (nSPS) is 23.2. The molecule has 129 heavy (non-hydrogen) atoms. The van der Waals surface area contributed by atoms with Crippen molar-refractivity contribution in [3.63, 3.8) is 0 Å². The molecule has 0 aromatic carbocycles. The Morgan fingerprint density at radius 3 is 1.17 bits per heavy atom. The summed E-state index contributed by atoms with van der Waals surface area (Å²) in [6, 6.07) is -3.08. The van der Waals surface area contributed by atoms with Crippen molar-refractivity contribution < 1.29 is 258 Å². The molecule has 0 aromatic heterocycles. The van der Waals surface area contributed by atoms with E-state index in [9.17, 15) is 126 Å². The van der Waals surface area contributed by atoms with Crippen LogP contribution in [0.4, 0.5) is 0 Å². The molecule has 0 radical (unpaired) electrons. The minimum Gasteiger partial charge on any atom is -0.545 e. The van der Waals surface area contributed by atoms with E-state index in [1.807, 2.05) is 0 Å². The Labute approximate surface area is 777 Å². The van der Waals surface area contributed by atoms with Crippen LogP contribution in [0.15, 0.2) is 77.9 Å². The number of nitrogens with zero attached hydrogens (tertiary/aromatic N) is 3. The van der Waals surface area contributed by atoms with Gasteiger partial charge in [0.05, 0.1) is 74.0 Å². The molecule has 55 heteroatoms. The fourth-order valence-electron chi connectivity index (χ4n) is 11.2. The number of likely N-dealkylation sites (N-methyl/N-ethyl adjacent to an activating group) is 1. The minimum atomic E-state index is -1.56. The third-order valence-electron chi connectivity index (χ3n) is 17.9. The Bertz CT molecular complexity index is 4080. The number of hydrogen-bond acceptors (Lipinski definition) is 41. The fourth-order valence-corrected chi connectivity index (χ4v) is 11.2. The number of ketones is 2. The number of esters is 3. The Kier molecular flexibility index (Phi) is 58.6. The van der Waals surface area contributed by atoms with E-state index in [4.69, 9.17) is 70.0 Å². The number of rotatable bonds is 42. The number of guanidine groups is 1. The van der Waals surface area contributed by atoms with Gasteiger partial charge in [0.25, 0.3) is 23.6 Å². The molecule has 17 unspecified atom stereocenters. The number of aliphatic hydroxyl groups is 3. The van der Waals surface area contributed by atoms with Gasteiger partial charge in [0.15, 0.2) is 30.6 Å². The van der Waals surface area contributed by atoms with Crippen molar-refractivity contribution >= 4 is 130 Å². The second kappa shape index (κ2) is 63.0. The summed E-state index contributed by atoms with van der Waals surface area (Å²) in [5, 5.41) is 82.5. The number of amides is 9. The van der Waals surface area contributed by atoms with Gasteiger partial charge in [-0.25, -0.2) is 28.8 Å². The van der Waals surface area contributed by atoms with Gasteiger partial charge in [0.1, 0.15) is 43.7 Å². The summed E-state index contributed by atoms with van der Waals surface area (Å²) in [7, 11) is 6.62. The summed E-state index contributed by atoms with van der Waals surface area (Å²) in [6.07, 6.45) is -1.32. The maximum Gasteiger partial charge on any atom is 1.00 e. The molecule has 0 aliphatic carbocycles. The predicted molar refractivity (Wildman–Crippen MR) is 411 cm³/mol. The molecule has 17 atom stereocenters. The second-order valence-electron chi connectivity index (χ2n) is 26.9. The first-order valence-corrected chi connectivity index (χ1v) is 37.6. The Hall–Kier alpha value is -11.1. The number of ether oxygens (including phenoxy) is 9. The van der Waals surface area contributed by atoms with Crippen LogP contribution >= 0.6 is 0 Å². The zero-order chi connectivity index (χ0) is 95.2. The van der Waals surface area contributed by atoms with Gasteiger partial charge < -0.3 is 152 Å². The number of aliphatic hydroxyl groups excluding tert-OH is 3. The molecule has 5 heterocycles. The molecule has 5 aliphatic rings. The van der Waals surface area contributed by atoms with Crippen molar-refractivity contribution in [1.29, 1.82) is 0 Å². The minimum absolute atomic E-state index is 0. The number of carbonyl (C=O) groups excluding carboxylic acids is 19. The van der Waals surface area contributed by atoms with Crippen LogP contribution in [0, 0.1) is 29.6 Å². The summed E-state index contributed by atoms with van der Waals surface area (Å²) in [4.78, 5) is 258. The monoisotopic (exact) mass is 1860 g/mol. The number of carbonyl (C=O) groups is 21. The molecule has 19 N–H and O–H groups in total. The summed E-state index contributed by atoms with van der Waals surface area (Å²) in [6.45, 7) is 3.43. The SMILES string of the molecule is CNOC(=O)/C=C/C(=O)NC1C(OC)OC(COC(=O)/C=C/C(=O)NC)C(C)C1O.COC1OC(COC(=O)/C=C/C(=O)ON2C(=O)CCC2=O)C(C)C(O)C1NC(=O)/C=C/C(=O)ON1C(=O)CCC1=O.COC1OC(COC(=O)/C=C/C(=O)[O-])C(C)C(O)C1NC(=O)/C=C/C(=O)[O-].NCC(=O)CC(CCCN=C(N)N)C(=O)NCC(=O)CC(CC(=O)O)C(=O)O.O.[Na+].[Na+]. The molecule has 9 amide bonds. The summed E-state index contributed by atoms with van der Waals surface area (Å²) in [5.41, 5.74) is 17.8. The van der Waals surface area contributed by atoms with Crippen molar-refractivity contribution in [3.8, 4) is 0 Å². The van der Waals surface area contributed by atoms with E-state index >= 15 is 0 Å². The molecule has 706 valence electrons. The van der Waals surface area contributed by atoms with Crippen molar-refractivity contribution in [1.82, 2.24) is 42.2 Å². The molecular formula is C74H102N12Na2O41. The zero-order valence-electron chi connectivity index (χ0n) is 71.4. The van der Waals surface area contributed by atoms with Crippen LogP contribution < -0.4 is 119 Å². The van der Waals surface area contributed by atoms with Crippen LogP contribution in [0.2, 0.25) is 0 Å². The fraction of sp³-hybridized carbons (Fsp3) is 0.541. The van der Waals surface area contributed by atoms with E-state index in [0.29, 0.717) is 53.0 Å². The average molecular weight is 1860 g/mol. The number of hydroxylamine groups is 5. The average Bonchev–Trinajstić information content (AvgIpc) is 1.11. The summed E-state index contributed by atoms with van der Waals surface area (Å²) in [5.74, 6) is -22.8. The number of methoxy groups -OCH3 is 3. The van der Waals surface area contributed by atoms with Crippen molar-refractivity contribution in [2.45, 2.75) is 152 Å². The van der Waals surface area contributed by atoms with Crippen molar-refractivity contribution in [2.75, 3.05) is 74.9 Å². The standard InChI is InChI=1S/C24H27N3O14.C18H27N3O9.C16H27N5O7.C16H21NO10.2Na.H2O/c1-12-13(11-38-19(33)9-10-21(35)41-27-17(31)6-7-18(27)32)39-24(37-2)22(23(12)36)25-14(28)3-8-20(34)40-26-15(29)4-5-16(26)30;1-10-11(9-28-14(24)7-5-12(22)19-2)29-18(27-4)16(17(10)26)21-13(23)6-8-15(25)30-20-3;17-7-11(22)4-9(2-1-3-20-16(18)19)14(26)21-8-12(23)5-10(15(27)28)6-13(24)25;1-8-9(7-26-13(23)6-5-12(21)22)27-16(25-2)14(15(8)24)17-10(18)3-4-11(19)20;;;/h3,8-10,12-13,22-24,36H,4-7,11H2,1-2H3,(H,25,28);5-8,10-11,16-18,20,26H,9H2,1-4H3,(H,19,22)(H,21,23);9-10H,1-8,17H2,(H,21,26)(H,24,25)(H,27,28)(H4,18,19,20);3-6,8-9,14-16,24H,7H2,1-2H3,(H,17,18)(H,19,20)(H,21,22);;;1H2/q;;;;2*+1;/p-2/b8-3+,10-9+;7-5+,8-6+;;4-3+,6-5+;;;. The van der Waals surface area contributed by atoms with Gasteiger partial charge in [-0.05, 0) is 25.0 Å². The smallest absolute Gasteiger partial charge is 0.545 e. The van der Waals surface area contributed by atoms with Crippen molar-refractivity contribution in [3.05, 3.63) is 72.9 Å². The van der Waals surface area contributed by atoms with E-state index in [1.165, 1.54) is 35.4 Å². The van der Waals surface area contributed by atoms with E-state index in [2.05, 4.69) is 51.6 Å². The molecule has 0 aromatic rings. The molecule has 0 bridgehead atoms. The number of Topliss-reactive ketones (excluding diaryl/α,β-unsaturated/α-hetero) is 2. The first-order valence-electron chi connectivity index (χ1n) is 37.6. The van der Waals surface area contributed by atoms with Gasteiger partial charge in [-0.3, -0.25) is 67.3 Å². The van der Waals surface area contributed by atoms with Crippen LogP contribution in [0.3, 0.4) is 0 Å². The topological polar surface area (TPSA) is 817 Å². The molecule has 0 spiro atoms. The van der Waals surface area contributed by atoms with Crippen LogP contribution in [0.25, 0.3) is 0 Å². The van der Waals surface area contributed by atoms with Gasteiger partial charge in [0.2, 0.25) is 29.5 Å². The van der Waals surface area contributed by atoms with E-state index in [1.54, 1.807) is 20.8 Å². The molecule has 53 nitrogen and oxygen atoms in total. The number of carboxylic acid groups (broad SMARTS) is 4. The van der Waals surface area contributed by atoms with Gasteiger partial charge >= 0.3 is 107 Å². The van der Waals surface area contributed by atoms with Crippen molar-refractivity contribution in [2.24, 2.45) is 51.8 Å². The van der Waals surface area contributed by atoms with Crippen LogP contribution in [-0.4, -0.2) is 320 Å². The molecular weight excluding hydrogens is 1760 g/mol. The summed E-state index contributed by atoms with van der Waals surface area (Å²) >= 11 is 0. The molecule has 5 rings (SSSR count). The number of carboxylic acids is 4. The zero-order valence-corrected chi connectivity index (χ0v) is 75.4. The van der Waals surface area contributed by atoms with Gasteiger partial charge in [-0.1, -0.05) is 20.8 Å². The maximum atomic E-state index is 12.3. The predicted octanol–water partition coefficient (Wildman–Crippen LogP) is -17.4. The second-order valence-corrected chi connectivity index (χ2v) is 26.9. The van der Waals surface area contributed by atoms with E-state index < -0.39 is 241 Å². The summed E-state index contributed by atoms with van der Waals surface area (Å²) < 4.78 is 47.3. The number of nitrogens with one attached hydrogen (secondary N) is 6. The quantitative estimate of drug-likeness (QED) is 0.00311. The number of aliphatic carboxylic acids is 4. The molecule has 5 aliphatic heterocycles. The van der Waals surface area contributed by atoms with E-state index in [0.717, 1.165) is 36.5 Å². The Morgan fingerprint density at radius 1 is 0.496 bits per heavy atom. The maximum absolute atomic E-state index is 12.3. The van der Waals surface area contributed by atoms with Crippen LogP contribution in [0.5, 0.6) is 0 Å². The molecule has 5 saturated heterocycles. The number of nitrogens with two attached hydrogens (primary N) is 3. The Morgan fingerprint density at radius 2 is 0.829 bits per heavy atom. The number of imide groups is 2. The van der Waals surface area contributed by atoms with Gasteiger partial charge in [-0.2, -0.15) is 5.48 Å². The first kappa shape index (κ1) is 120. The first-order chi connectivity index (χ1) is 59.3. The number of hydrogen-bond donors (Lipinski definition) is 14. The van der Waals surface area contributed by atoms with E-state index in [-0.39, 0.29) is 148 Å². The largest absolute Gasteiger partial charge is 1.00 e.